The number of methoxy groups -OCH3 is 1. The maximum absolute atomic E-state index is 13.2. The summed E-state index contributed by atoms with van der Waals surface area (Å²) >= 11 is 6.35. The summed E-state index contributed by atoms with van der Waals surface area (Å²) in [5.74, 6) is 1.95. The number of rotatable bonds is 8. The van der Waals surface area contributed by atoms with E-state index in [1.165, 1.54) is 4.90 Å². The highest BCUT2D eigenvalue weighted by atomic mass is 35.5. The Morgan fingerprint density at radius 2 is 1.68 bits per heavy atom. The summed E-state index contributed by atoms with van der Waals surface area (Å²) in [6.07, 6.45) is 6.33. The standard InChI is InChI=1S/C30H39ClN2O5/c1-32(2)29(35)26-12-11-25(18-28(26)31)38-23-9-7-20(8-10-23)21-13-15-33(16-14-21)30(36)27(19-34)22-5-4-6-24(17-22)37-3/h4-6,11-12,17-18,20-21,23,27,34H,7-10,13-16,19H2,1-3H3. The second kappa shape index (κ2) is 12.9. The molecule has 1 saturated heterocycles. The van der Waals surface area contributed by atoms with E-state index in [4.69, 9.17) is 21.1 Å². The highest BCUT2D eigenvalue weighted by Crippen LogP contribution is 2.38. The zero-order valence-electron chi connectivity index (χ0n) is 22.6. The lowest BCUT2D eigenvalue weighted by atomic mass is 9.75. The van der Waals surface area contributed by atoms with Crippen molar-refractivity contribution in [1.29, 1.82) is 0 Å². The van der Waals surface area contributed by atoms with Crippen molar-refractivity contribution >= 4 is 23.4 Å². The number of carbonyl (C=O) groups is 2. The third-order valence-electron chi connectivity index (χ3n) is 8.09. The Kier molecular flexibility index (Phi) is 9.55. The number of hydrogen-bond donors (Lipinski definition) is 1. The highest BCUT2D eigenvalue weighted by molar-refractivity contribution is 6.34. The first kappa shape index (κ1) is 28.2. The number of amides is 2. The minimum Gasteiger partial charge on any atom is -0.497 e. The molecular formula is C30H39ClN2O5. The second-order valence-electron chi connectivity index (χ2n) is 10.7. The van der Waals surface area contributed by atoms with Gasteiger partial charge in [0, 0.05) is 27.2 Å². The fourth-order valence-electron chi connectivity index (χ4n) is 5.85. The molecule has 7 nitrogen and oxygen atoms in total. The molecule has 1 saturated carbocycles. The van der Waals surface area contributed by atoms with Crippen LogP contribution in [0.5, 0.6) is 11.5 Å². The molecule has 1 aliphatic heterocycles. The Bertz CT molecular complexity index is 1110. The van der Waals surface area contributed by atoms with Gasteiger partial charge in [-0.25, -0.2) is 0 Å². The van der Waals surface area contributed by atoms with Gasteiger partial charge in [0.1, 0.15) is 11.5 Å². The van der Waals surface area contributed by atoms with Gasteiger partial charge in [-0.1, -0.05) is 23.7 Å². The first-order valence-electron chi connectivity index (χ1n) is 13.5. The molecule has 2 aliphatic rings. The van der Waals surface area contributed by atoms with Crippen LogP contribution in [0.15, 0.2) is 42.5 Å². The van der Waals surface area contributed by atoms with E-state index >= 15 is 0 Å². The smallest absolute Gasteiger partial charge is 0.254 e. The van der Waals surface area contributed by atoms with Gasteiger partial charge in [-0.2, -0.15) is 0 Å². The van der Waals surface area contributed by atoms with Gasteiger partial charge in [-0.3, -0.25) is 9.59 Å². The van der Waals surface area contributed by atoms with Crippen LogP contribution < -0.4 is 9.47 Å². The van der Waals surface area contributed by atoms with E-state index in [1.807, 2.05) is 35.2 Å². The summed E-state index contributed by atoms with van der Waals surface area (Å²) in [4.78, 5) is 28.9. The summed E-state index contributed by atoms with van der Waals surface area (Å²) in [6.45, 7) is 1.25. The summed E-state index contributed by atoms with van der Waals surface area (Å²) < 4.78 is 11.5. The Hall–Kier alpha value is -2.77. The number of aliphatic hydroxyl groups excluding tert-OH is 1. The number of carbonyl (C=O) groups excluding carboxylic acids is 2. The molecule has 38 heavy (non-hydrogen) atoms. The fraction of sp³-hybridized carbons (Fsp3) is 0.533. The van der Waals surface area contributed by atoms with E-state index in [1.54, 1.807) is 33.3 Å². The van der Waals surface area contributed by atoms with E-state index < -0.39 is 5.92 Å². The van der Waals surface area contributed by atoms with Crippen molar-refractivity contribution < 1.29 is 24.2 Å². The van der Waals surface area contributed by atoms with Crippen LogP contribution in [-0.2, 0) is 4.79 Å². The third-order valence-corrected chi connectivity index (χ3v) is 8.41. The summed E-state index contributed by atoms with van der Waals surface area (Å²) in [5, 5.41) is 10.4. The molecule has 2 fully saturated rings. The molecule has 2 amide bonds. The molecule has 206 valence electrons. The minimum absolute atomic E-state index is 0.00623. The van der Waals surface area contributed by atoms with E-state index in [0.29, 0.717) is 33.9 Å². The average molecular weight is 543 g/mol. The van der Waals surface area contributed by atoms with Gasteiger partial charge >= 0.3 is 0 Å². The Morgan fingerprint density at radius 1 is 1.00 bits per heavy atom. The summed E-state index contributed by atoms with van der Waals surface area (Å²) in [5.41, 5.74) is 1.27. The number of hydrogen-bond acceptors (Lipinski definition) is 5. The van der Waals surface area contributed by atoms with E-state index in [0.717, 1.165) is 57.2 Å². The van der Waals surface area contributed by atoms with Crippen LogP contribution >= 0.6 is 11.6 Å². The normalized spacial score (nSPS) is 21.0. The molecule has 4 rings (SSSR count). The molecule has 0 bridgehead atoms. The van der Waals surface area contributed by atoms with Crippen molar-refractivity contribution in [3.8, 4) is 11.5 Å². The first-order valence-corrected chi connectivity index (χ1v) is 13.9. The molecule has 1 atom stereocenters. The molecule has 0 radical (unpaired) electrons. The van der Waals surface area contributed by atoms with Crippen molar-refractivity contribution in [1.82, 2.24) is 9.80 Å². The zero-order valence-corrected chi connectivity index (χ0v) is 23.3. The number of halogens is 1. The molecule has 2 aromatic rings. The molecule has 8 heteroatoms. The van der Waals surface area contributed by atoms with Crippen LogP contribution in [0.25, 0.3) is 0 Å². The van der Waals surface area contributed by atoms with Gasteiger partial charge in [0.2, 0.25) is 5.91 Å². The second-order valence-corrected chi connectivity index (χ2v) is 11.1. The third kappa shape index (κ3) is 6.62. The molecule has 0 spiro atoms. The Balaban J connectivity index is 1.25. The summed E-state index contributed by atoms with van der Waals surface area (Å²) in [7, 11) is 5.01. The number of aliphatic hydroxyl groups is 1. The van der Waals surface area contributed by atoms with Crippen LogP contribution in [0.4, 0.5) is 0 Å². The van der Waals surface area contributed by atoms with Crippen LogP contribution in [0.1, 0.15) is 60.4 Å². The SMILES string of the molecule is COc1cccc(C(CO)C(=O)N2CCC(C3CCC(Oc4ccc(C(=O)N(C)C)c(Cl)c4)CC3)CC2)c1. The highest BCUT2D eigenvalue weighted by Gasteiger charge is 2.34. The topological polar surface area (TPSA) is 79.3 Å². The zero-order chi connectivity index (χ0) is 27.2. The molecular weight excluding hydrogens is 504 g/mol. The number of benzene rings is 2. The van der Waals surface area contributed by atoms with Crippen molar-refractivity contribution in [2.24, 2.45) is 11.8 Å². The van der Waals surface area contributed by atoms with Crippen molar-refractivity contribution in [2.45, 2.75) is 50.5 Å². The van der Waals surface area contributed by atoms with Gasteiger partial charge in [0.05, 0.1) is 36.3 Å². The van der Waals surface area contributed by atoms with Crippen LogP contribution in [-0.4, -0.2) is 73.7 Å². The average Bonchev–Trinajstić information content (AvgIpc) is 2.94. The van der Waals surface area contributed by atoms with Gasteiger partial charge in [0.25, 0.3) is 5.91 Å². The molecule has 2 aromatic carbocycles. The largest absolute Gasteiger partial charge is 0.497 e. The number of piperidine rings is 1. The van der Waals surface area contributed by atoms with Gasteiger partial charge in [0.15, 0.2) is 0 Å². The van der Waals surface area contributed by atoms with Crippen LogP contribution in [0.2, 0.25) is 5.02 Å². The van der Waals surface area contributed by atoms with E-state index in [9.17, 15) is 14.7 Å². The van der Waals surface area contributed by atoms with Gasteiger partial charge in [-0.05, 0) is 86.3 Å². The quantitative estimate of drug-likeness (QED) is 0.507. The lowest BCUT2D eigenvalue weighted by Gasteiger charge is -2.40. The molecule has 1 heterocycles. The van der Waals surface area contributed by atoms with E-state index in [-0.39, 0.29) is 24.5 Å². The Labute approximate surface area is 230 Å². The first-order chi connectivity index (χ1) is 18.3. The number of ether oxygens (including phenoxy) is 2. The van der Waals surface area contributed by atoms with Crippen molar-refractivity contribution in [3.63, 3.8) is 0 Å². The predicted molar refractivity (Wildman–Crippen MR) is 148 cm³/mol. The Morgan fingerprint density at radius 3 is 2.29 bits per heavy atom. The minimum atomic E-state index is -0.558. The fourth-order valence-corrected chi connectivity index (χ4v) is 6.10. The van der Waals surface area contributed by atoms with Crippen LogP contribution in [0, 0.1) is 11.8 Å². The van der Waals surface area contributed by atoms with Crippen molar-refractivity contribution in [2.75, 3.05) is 40.9 Å². The van der Waals surface area contributed by atoms with E-state index in [2.05, 4.69) is 0 Å². The summed E-state index contributed by atoms with van der Waals surface area (Å²) in [6, 6.07) is 12.7. The predicted octanol–water partition coefficient (Wildman–Crippen LogP) is 5.00. The maximum Gasteiger partial charge on any atom is 0.254 e. The molecule has 1 aliphatic carbocycles. The number of nitrogens with zero attached hydrogens (tertiary/aromatic N) is 2. The maximum atomic E-state index is 13.2. The van der Waals surface area contributed by atoms with Crippen LogP contribution in [0.3, 0.4) is 0 Å². The molecule has 1 unspecified atom stereocenters. The molecule has 0 aromatic heterocycles. The number of likely N-dealkylation sites (tertiary alicyclic amines) is 1. The van der Waals surface area contributed by atoms with Gasteiger partial charge < -0.3 is 24.4 Å². The van der Waals surface area contributed by atoms with Crippen molar-refractivity contribution in [3.05, 3.63) is 58.6 Å². The molecule has 1 N–H and O–H groups in total. The lowest BCUT2D eigenvalue weighted by molar-refractivity contribution is -0.135. The van der Waals surface area contributed by atoms with Gasteiger partial charge in [-0.15, -0.1) is 0 Å². The monoisotopic (exact) mass is 542 g/mol. The lowest BCUT2D eigenvalue weighted by Crippen LogP contribution is -2.43.